The van der Waals surface area contributed by atoms with Crippen molar-refractivity contribution in [2.24, 2.45) is 15.7 Å². The summed E-state index contributed by atoms with van der Waals surface area (Å²) in [7, 11) is 1.90. The van der Waals surface area contributed by atoms with Crippen LogP contribution >= 0.6 is 11.6 Å². The van der Waals surface area contributed by atoms with E-state index in [1.165, 1.54) is 18.2 Å². The molecule has 1 saturated heterocycles. The van der Waals surface area contributed by atoms with Crippen LogP contribution in [0.2, 0.25) is 5.02 Å². The van der Waals surface area contributed by atoms with Crippen LogP contribution in [0.15, 0.2) is 76.8 Å². The van der Waals surface area contributed by atoms with Crippen LogP contribution in [0.4, 0.5) is 20.4 Å². The van der Waals surface area contributed by atoms with Gasteiger partial charge in [-0.2, -0.15) is 4.99 Å². The van der Waals surface area contributed by atoms with E-state index >= 15 is 0 Å². The zero-order valence-corrected chi connectivity index (χ0v) is 23.9. The fourth-order valence-corrected chi connectivity index (χ4v) is 5.36. The van der Waals surface area contributed by atoms with Crippen LogP contribution in [0, 0.1) is 11.6 Å². The maximum absolute atomic E-state index is 14.8. The third-order valence-corrected chi connectivity index (χ3v) is 7.72. The second kappa shape index (κ2) is 11.9. The fourth-order valence-electron chi connectivity index (χ4n) is 5.19. The van der Waals surface area contributed by atoms with Crippen molar-refractivity contribution in [3.63, 3.8) is 0 Å². The summed E-state index contributed by atoms with van der Waals surface area (Å²) in [5, 5.41) is 6.75. The average Bonchev–Trinajstić information content (AvgIpc) is 3.44. The van der Waals surface area contributed by atoms with Crippen molar-refractivity contribution >= 4 is 40.8 Å². The van der Waals surface area contributed by atoms with Crippen LogP contribution in [0.25, 0.3) is 11.3 Å². The minimum absolute atomic E-state index is 0.110. The van der Waals surface area contributed by atoms with Gasteiger partial charge in [0, 0.05) is 58.3 Å². The molecule has 1 atom stereocenters. The molecule has 4 N–H and O–H groups in total. The Hall–Kier alpha value is -4.74. The number of nitrogens with zero attached hydrogens (tertiary/aromatic N) is 5. The number of aliphatic imine (C=N–C) groups is 2. The van der Waals surface area contributed by atoms with Crippen molar-refractivity contribution in [2.75, 3.05) is 25.5 Å². The Morgan fingerprint density at radius 2 is 1.86 bits per heavy atom. The molecule has 1 aromatic heterocycles. The quantitative estimate of drug-likeness (QED) is 0.220. The number of fused-ring (bicyclic) bond motifs is 3. The Morgan fingerprint density at radius 1 is 1.09 bits per heavy atom. The van der Waals surface area contributed by atoms with E-state index in [-0.39, 0.29) is 29.7 Å². The van der Waals surface area contributed by atoms with Crippen LogP contribution in [0.5, 0.6) is 0 Å². The molecule has 1 unspecified atom stereocenters. The zero-order valence-electron chi connectivity index (χ0n) is 23.1. The van der Waals surface area contributed by atoms with Crippen molar-refractivity contribution in [1.29, 1.82) is 0 Å². The number of hydrogen-bond acceptors (Lipinski definition) is 6. The number of nitrogens with two attached hydrogens (primary N) is 1. The number of rotatable bonds is 5. The van der Waals surface area contributed by atoms with Gasteiger partial charge in [-0.15, -0.1) is 0 Å². The second-order valence-electron chi connectivity index (χ2n) is 10.2. The normalized spacial score (nSPS) is 16.3. The standard InChI is InChI=1S/C31H27ClF2N8O/c1-36-21-11-12-42(16-21)30(35)41-29(43)17-5-8-20(9-6-17)39-31-38-15-18-14-37-28(26-24(33)3-2-4-25(26)34)23-13-19(32)7-10-22(23)27(18)40-31/h2-10,13,15,21,36H,11-12,14,16H2,1H3,(H2,35,41,43)(H,38,39,40). The SMILES string of the molecule is CNC1CCN(C(N)=NC(=O)c2ccc(Nc3ncc4c(n3)-c3ccc(Cl)cc3C(c3c(F)cccc3F)=NC4)cc2)C1. The number of aromatic nitrogens is 2. The molecule has 1 amide bonds. The summed E-state index contributed by atoms with van der Waals surface area (Å²) in [6.45, 7) is 1.55. The lowest BCUT2D eigenvalue weighted by molar-refractivity contribution is 0.100. The van der Waals surface area contributed by atoms with E-state index in [4.69, 9.17) is 22.3 Å². The summed E-state index contributed by atoms with van der Waals surface area (Å²) in [5.74, 6) is -1.39. The smallest absolute Gasteiger partial charge is 0.280 e. The zero-order chi connectivity index (χ0) is 30.1. The summed E-state index contributed by atoms with van der Waals surface area (Å²) in [6.07, 6.45) is 2.56. The third-order valence-electron chi connectivity index (χ3n) is 7.49. The number of hydrogen-bond donors (Lipinski definition) is 3. The second-order valence-corrected chi connectivity index (χ2v) is 10.7. The monoisotopic (exact) mass is 600 g/mol. The molecule has 0 saturated carbocycles. The van der Waals surface area contributed by atoms with E-state index in [0.29, 0.717) is 51.2 Å². The van der Waals surface area contributed by atoms with Gasteiger partial charge in [0.2, 0.25) is 5.95 Å². The summed E-state index contributed by atoms with van der Waals surface area (Å²) in [4.78, 5) is 32.4. The lowest BCUT2D eigenvalue weighted by atomic mass is 9.95. The Balaban J connectivity index is 1.25. The number of halogens is 3. The summed E-state index contributed by atoms with van der Waals surface area (Å²) >= 11 is 6.30. The molecule has 12 heteroatoms. The molecule has 0 aliphatic carbocycles. The first kappa shape index (κ1) is 28.4. The van der Waals surface area contributed by atoms with Gasteiger partial charge < -0.3 is 21.3 Å². The van der Waals surface area contributed by atoms with E-state index < -0.39 is 17.5 Å². The Morgan fingerprint density at radius 3 is 2.58 bits per heavy atom. The van der Waals surface area contributed by atoms with Gasteiger partial charge in [-0.1, -0.05) is 23.7 Å². The van der Waals surface area contributed by atoms with E-state index in [1.807, 2.05) is 11.9 Å². The highest BCUT2D eigenvalue weighted by Crippen LogP contribution is 2.34. The molecule has 43 heavy (non-hydrogen) atoms. The Labute approximate surface area is 251 Å². The van der Waals surface area contributed by atoms with Gasteiger partial charge in [0.05, 0.1) is 23.5 Å². The molecule has 0 radical (unpaired) electrons. The number of carbonyl (C=O) groups excluding carboxylic acids is 1. The summed E-state index contributed by atoms with van der Waals surface area (Å²) in [6, 6.07) is 15.8. The van der Waals surface area contributed by atoms with E-state index in [1.54, 1.807) is 48.7 Å². The number of likely N-dealkylation sites (tertiary alicyclic amines) is 1. The van der Waals surface area contributed by atoms with Crippen LogP contribution < -0.4 is 16.4 Å². The first-order valence-electron chi connectivity index (χ1n) is 13.6. The van der Waals surface area contributed by atoms with Gasteiger partial charge in [0.25, 0.3) is 5.91 Å². The molecule has 6 rings (SSSR count). The van der Waals surface area contributed by atoms with Gasteiger partial charge in [-0.05, 0) is 62.0 Å². The van der Waals surface area contributed by atoms with Gasteiger partial charge in [0.1, 0.15) is 11.6 Å². The average molecular weight is 601 g/mol. The number of nitrogens with one attached hydrogen (secondary N) is 2. The molecule has 1 fully saturated rings. The van der Waals surface area contributed by atoms with Crippen LogP contribution in [0.3, 0.4) is 0 Å². The molecule has 9 nitrogen and oxygen atoms in total. The van der Waals surface area contributed by atoms with Crippen molar-refractivity contribution in [1.82, 2.24) is 20.2 Å². The largest absolute Gasteiger partial charge is 0.369 e. The molecule has 4 aromatic rings. The molecule has 3 heterocycles. The van der Waals surface area contributed by atoms with E-state index in [0.717, 1.165) is 13.0 Å². The predicted molar refractivity (Wildman–Crippen MR) is 163 cm³/mol. The Bertz CT molecular complexity index is 1760. The molecule has 3 aromatic carbocycles. The van der Waals surface area contributed by atoms with Gasteiger partial charge >= 0.3 is 0 Å². The molecular formula is C31H27ClF2N8O. The van der Waals surface area contributed by atoms with Gasteiger partial charge in [-0.3, -0.25) is 9.79 Å². The van der Waals surface area contributed by atoms with E-state index in [2.05, 4.69) is 25.6 Å². The van der Waals surface area contributed by atoms with Gasteiger partial charge in [0.15, 0.2) is 5.96 Å². The molecule has 2 aliphatic rings. The highest BCUT2D eigenvalue weighted by atomic mass is 35.5. The van der Waals surface area contributed by atoms with Crippen LogP contribution in [-0.4, -0.2) is 58.6 Å². The van der Waals surface area contributed by atoms with Crippen molar-refractivity contribution in [3.8, 4) is 11.3 Å². The Kier molecular flexibility index (Phi) is 7.83. The lowest BCUT2D eigenvalue weighted by Crippen LogP contribution is -2.38. The molecule has 2 aliphatic heterocycles. The molecule has 0 bridgehead atoms. The molecule has 218 valence electrons. The number of guanidine groups is 1. The first-order chi connectivity index (χ1) is 20.8. The van der Waals surface area contributed by atoms with Gasteiger partial charge in [-0.25, -0.2) is 18.7 Å². The van der Waals surface area contributed by atoms with Crippen LogP contribution in [-0.2, 0) is 6.54 Å². The fraction of sp³-hybridized carbons (Fsp3) is 0.194. The highest BCUT2D eigenvalue weighted by Gasteiger charge is 2.26. The van der Waals surface area contributed by atoms with Crippen molar-refractivity contribution in [3.05, 3.63) is 106 Å². The number of benzene rings is 3. The van der Waals surface area contributed by atoms with Crippen molar-refractivity contribution in [2.45, 2.75) is 19.0 Å². The first-order valence-corrected chi connectivity index (χ1v) is 14.0. The van der Waals surface area contributed by atoms with Crippen LogP contribution in [0.1, 0.15) is 33.5 Å². The minimum atomic E-state index is -0.724. The number of carbonyl (C=O) groups is 1. The number of likely N-dealkylation sites (N-methyl/N-ethyl adjacent to an activating group) is 1. The summed E-state index contributed by atoms with van der Waals surface area (Å²) in [5.41, 5.74) is 9.32. The molecule has 0 spiro atoms. The predicted octanol–water partition coefficient (Wildman–Crippen LogP) is 4.92. The third kappa shape index (κ3) is 5.81. The summed E-state index contributed by atoms with van der Waals surface area (Å²) < 4.78 is 29.6. The lowest BCUT2D eigenvalue weighted by Gasteiger charge is -2.16. The maximum atomic E-state index is 14.8. The number of amides is 1. The number of anilines is 2. The van der Waals surface area contributed by atoms with Crippen molar-refractivity contribution < 1.29 is 13.6 Å². The minimum Gasteiger partial charge on any atom is -0.369 e. The molecular weight excluding hydrogens is 574 g/mol. The highest BCUT2D eigenvalue weighted by molar-refractivity contribution is 6.31. The maximum Gasteiger partial charge on any atom is 0.280 e. The van der Waals surface area contributed by atoms with E-state index in [9.17, 15) is 13.6 Å². The topological polar surface area (TPSA) is 121 Å².